The second kappa shape index (κ2) is 4.38. The Balaban J connectivity index is 1.88. The SMILES string of the molecule is O=C1/C(=C/c2ccc([N+](=O)[O-])cc2)N2CCN1CC2. The van der Waals surface area contributed by atoms with Crippen molar-refractivity contribution in [2.45, 2.75) is 0 Å². The highest BCUT2D eigenvalue weighted by atomic mass is 16.6. The highest BCUT2D eigenvalue weighted by molar-refractivity contribution is 5.98. The highest BCUT2D eigenvalue weighted by Crippen LogP contribution is 2.23. The van der Waals surface area contributed by atoms with E-state index in [1.165, 1.54) is 12.1 Å². The first kappa shape index (κ1) is 11.7. The van der Waals surface area contributed by atoms with Gasteiger partial charge in [-0.05, 0) is 23.8 Å². The van der Waals surface area contributed by atoms with Crippen molar-refractivity contribution in [2.75, 3.05) is 26.2 Å². The number of non-ortho nitro benzene ring substituents is 1. The van der Waals surface area contributed by atoms with Gasteiger partial charge < -0.3 is 9.80 Å². The summed E-state index contributed by atoms with van der Waals surface area (Å²) in [4.78, 5) is 26.1. The molecule has 0 unspecified atom stereocenters. The van der Waals surface area contributed by atoms with Gasteiger partial charge >= 0.3 is 0 Å². The van der Waals surface area contributed by atoms with Crippen LogP contribution in [0.4, 0.5) is 5.69 Å². The van der Waals surface area contributed by atoms with E-state index in [0.29, 0.717) is 5.70 Å². The number of hydrogen-bond acceptors (Lipinski definition) is 4. The molecule has 0 N–H and O–H groups in total. The Bertz CT molecular complexity index is 557. The Morgan fingerprint density at radius 2 is 1.63 bits per heavy atom. The van der Waals surface area contributed by atoms with Crippen molar-refractivity contribution in [1.82, 2.24) is 9.80 Å². The van der Waals surface area contributed by atoms with Gasteiger partial charge in [0.05, 0.1) is 4.92 Å². The van der Waals surface area contributed by atoms with Crippen molar-refractivity contribution in [3.8, 4) is 0 Å². The first-order valence-electron chi connectivity index (χ1n) is 6.15. The summed E-state index contributed by atoms with van der Waals surface area (Å²) in [7, 11) is 0. The number of carbonyl (C=O) groups excluding carboxylic acids is 1. The highest BCUT2D eigenvalue weighted by Gasteiger charge is 2.33. The van der Waals surface area contributed by atoms with Gasteiger partial charge in [0.2, 0.25) is 0 Å². The molecule has 98 valence electrons. The summed E-state index contributed by atoms with van der Waals surface area (Å²) in [6.45, 7) is 3.31. The molecular formula is C13H13N3O3. The van der Waals surface area contributed by atoms with Gasteiger partial charge in [-0.2, -0.15) is 0 Å². The molecule has 6 nitrogen and oxygen atoms in total. The topological polar surface area (TPSA) is 66.7 Å². The number of rotatable bonds is 2. The van der Waals surface area contributed by atoms with E-state index in [-0.39, 0.29) is 11.6 Å². The molecule has 3 aliphatic heterocycles. The summed E-state index contributed by atoms with van der Waals surface area (Å²) >= 11 is 0. The van der Waals surface area contributed by atoms with Gasteiger partial charge in [-0.25, -0.2) is 0 Å². The van der Waals surface area contributed by atoms with Gasteiger partial charge in [-0.15, -0.1) is 0 Å². The standard InChI is InChI=1S/C13H13N3O3/c17-13-12(14-5-7-15(13)8-6-14)9-10-1-3-11(4-2-10)16(18)19/h1-4,9H,5-8H2/b12-9-. The van der Waals surface area contributed by atoms with E-state index in [1.54, 1.807) is 18.2 Å². The number of nitrogens with zero attached hydrogens (tertiary/aromatic N) is 3. The van der Waals surface area contributed by atoms with Crippen LogP contribution in [-0.4, -0.2) is 46.8 Å². The predicted molar refractivity (Wildman–Crippen MR) is 69.2 cm³/mol. The average molecular weight is 259 g/mol. The minimum atomic E-state index is -0.431. The number of fused-ring (bicyclic) bond motifs is 3. The first-order chi connectivity index (χ1) is 9.15. The van der Waals surface area contributed by atoms with E-state index in [9.17, 15) is 14.9 Å². The summed E-state index contributed by atoms with van der Waals surface area (Å²) in [5.74, 6) is 0.0517. The van der Waals surface area contributed by atoms with Crippen LogP contribution in [0.3, 0.4) is 0 Å². The summed E-state index contributed by atoms with van der Waals surface area (Å²) in [6.07, 6.45) is 1.80. The van der Waals surface area contributed by atoms with Crippen LogP contribution in [0.15, 0.2) is 30.0 Å². The quantitative estimate of drug-likeness (QED) is 0.453. The number of amides is 1. The summed E-state index contributed by atoms with van der Waals surface area (Å²) in [6, 6.07) is 6.23. The monoisotopic (exact) mass is 259 g/mol. The lowest BCUT2D eigenvalue weighted by atomic mass is 10.1. The number of nitro groups is 1. The van der Waals surface area contributed by atoms with Crippen LogP contribution in [0.2, 0.25) is 0 Å². The van der Waals surface area contributed by atoms with Gasteiger partial charge in [0.15, 0.2) is 0 Å². The molecule has 4 rings (SSSR count). The predicted octanol–water partition coefficient (Wildman–Crippen LogP) is 1.09. The molecule has 1 amide bonds. The van der Waals surface area contributed by atoms with Crippen LogP contribution < -0.4 is 0 Å². The molecule has 1 aromatic carbocycles. The van der Waals surface area contributed by atoms with Crippen molar-refractivity contribution in [2.24, 2.45) is 0 Å². The molecule has 0 aromatic heterocycles. The Hall–Kier alpha value is -2.37. The fraction of sp³-hybridized carbons (Fsp3) is 0.308. The van der Waals surface area contributed by atoms with E-state index in [0.717, 1.165) is 31.7 Å². The first-order valence-corrected chi connectivity index (χ1v) is 6.15. The van der Waals surface area contributed by atoms with Crippen molar-refractivity contribution in [3.63, 3.8) is 0 Å². The van der Waals surface area contributed by atoms with Crippen molar-refractivity contribution in [1.29, 1.82) is 0 Å². The summed E-state index contributed by atoms with van der Waals surface area (Å²) < 4.78 is 0. The molecule has 0 aliphatic carbocycles. The maximum Gasteiger partial charge on any atom is 0.270 e. The molecule has 3 aliphatic rings. The van der Waals surface area contributed by atoms with Crippen molar-refractivity contribution < 1.29 is 9.72 Å². The fourth-order valence-corrected chi connectivity index (χ4v) is 2.45. The molecule has 3 heterocycles. The van der Waals surface area contributed by atoms with Crippen molar-refractivity contribution in [3.05, 3.63) is 45.6 Å². The lowest BCUT2D eigenvalue weighted by Gasteiger charge is -2.44. The lowest BCUT2D eigenvalue weighted by Crippen LogP contribution is -2.57. The average Bonchev–Trinajstić information content (AvgIpc) is 2.44. The number of hydrogen-bond donors (Lipinski definition) is 0. The second-order valence-corrected chi connectivity index (χ2v) is 4.66. The molecule has 1 aromatic rings. The maximum absolute atomic E-state index is 12.1. The van der Waals surface area contributed by atoms with Gasteiger partial charge in [0, 0.05) is 38.3 Å². The summed E-state index contributed by atoms with van der Waals surface area (Å²) in [5.41, 5.74) is 1.55. The molecule has 3 fully saturated rings. The lowest BCUT2D eigenvalue weighted by molar-refractivity contribution is -0.384. The van der Waals surface area contributed by atoms with Crippen LogP contribution in [-0.2, 0) is 4.79 Å². The molecule has 19 heavy (non-hydrogen) atoms. The number of nitro benzene ring substituents is 1. The molecule has 0 saturated carbocycles. The van der Waals surface area contributed by atoms with Crippen LogP contribution >= 0.6 is 0 Å². The Morgan fingerprint density at radius 3 is 2.16 bits per heavy atom. The van der Waals surface area contributed by atoms with E-state index < -0.39 is 4.92 Å². The van der Waals surface area contributed by atoms with Gasteiger partial charge in [0.25, 0.3) is 11.6 Å². The van der Waals surface area contributed by atoms with Crippen LogP contribution in [0, 0.1) is 10.1 Å². The van der Waals surface area contributed by atoms with Crippen LogP contribution in [0.5, 0.6) is 0 Å². The van der Waals surface area contributed by atoms with Gasteiger partial charge in [-0.3, -0.25) is 14.9 Å². The third-order valence-corrected chi connectivity index (χ3v) is 3.53. The largest absolute Gasteiger partial charge is 0.364 e. The van der Waals surface area contributed by atoms with Crippen LogP contribution in [0.25, 0.3) is 6.08 Å². The minimum Gasteiger partial charge on any atom is -0.364 e. The molecule has 6 heteroatoms. The van der Waals surface area contributed by atoms with E-state index in [4.69, 9.17) is 0 Å². The number of benzene rings is 1. The van der Waals surface area contributed by atoms with E-state index in [2.05, 4.69) is 4.90 Å². The third kappa shape index (κ3) is 2.05. The smallest absolute Gasteiger partial charge is 0.270 e. The van der Waals surface area contributed by atoms with Gasteiger partial charge in [0.1, 0.15) is 5.70 Å². The van der Waals surface area contributed by atoms with E-state index in [1.807, 2.05) is 4.90 Å². The zero-order valence-electron chi connectivity index (χ0n) is 10.3. The Kier molecular flexibility index (Phi) is 2.70. The normalized spacial score (nSPS) is 20.2. The van der Waals surface area contributed by atoms with Crippen LogP contribution in [0.1, 0.15) is 5.56 Å². The molecule has 2 bridgehead atoms. The van der Waals surface area contributed by atoms with Gasteiger partial charge in [-0.1, -0.05) is 0 Å². The second-order valence-electron chi connectivity index (χ2n) is 4.66. The third-order valence-electron chi connectivity index (χ3n) is 3.53. The zero-order chi connectivity index (χ0) is 13.4. The Morgan fingerprint density at radius 1 is 1.05 bits per heavy atom. The van der Waals surface area contributed by atoms with Crippen molar-refractivity contribution >= 4 is 17.7 Å². The molecule has 3 saturated heterocycles. The number of carbonyl (C=O) groups is 1. The maximum atomic E-state index is 12.1. The minimum absolute atomic E-state index is 0.0517. The molecular weight excluding hydrogens is 246 g/mol. The summed E-state index contributed by atoms with van der Waals surface area (Å²) in [5, 5.41) is 10.6. The Labute approximate surface area is 110 Å². The molecule has 0 atom stereocenters. The number of piperazine rings is 3. The fourth-order valence-electron chi connectivity index (χ4n) is 2.45. The molecule has 0 radical (unpaired) electrons. The zero-order valence-corrected chi connectivity index (χ0v) is 10.3. The molecule has 0 spiro atoms. The van der Waals surface area contributed by atoms with E-state index >= 15 is 0 Å².